The summed E-state index contributed by atoms with van der Waals surface area (Å²) in [4.78, 5) is 23.4. The molecule has 0 radical (unpaired) electrons. The molecule has 134 valence electrons. The number of benzene rings is 2. The van der Waals surface area contributed by atoms with Gasteiger partial charge in [0.2, 0.25) is 0 Å². The second-order valence-electron chi connectivity index (χ2n) is 5.92. The Bertz CT molecular complexity index is 959. The third-order valence-electron chi connectivity index (χ3n) is 4.29. The third-order valence-corrected chi connectivity index (χ3v) is 4.29. The summed E-state index contributed by atoms with van der Waals surface area (Å²) in [6, 6.07) is 14.9. The van der Waals surface area contributed by atoms with Crippen molar-refractivity contribution in [3.63, 3.8) is 0 Å². The van der Waals surface area contributed by atoms with Gasteiger partial charge < -0.3 is 19.5 Å². The van der Waals surface area contributed by atoms with Gasteiger partial charge in [-0.1, -0.05) is 30.3 Å². The summed E-state index contributed by atoms with van der Waals surface area (Å²) >= 11 is 0. The number of aliphatic carboxylic acids is 1. The van der Waals surface area contributed by atoms with Crippen LogP contribution in [0.4, 0.5) is 0 Å². The lowest BCUT2D eigenvalue weighted by Crippen LogP contribution is -2.14. The Labute approximate surface area is 150 Å². The average molecular weight is 353 g/mol. The Hall–Kier alpha value is -3.12. The number of hydrogen-bond acceptors (Lipinski definition) is 4. The van der Waals surface area contributed by atoms with Gasteiger partial charge in [0.15, 0.2) is 0 Å². The number of hydrogen-bond donors (Lipinski definition) is 2. The molecule has 0 spiro atoms. The average Bonchev–Trinajstić information content (AvgIpc) is 2.92. The van der Waals surface area contributed by atoms with E-state index in [1.54, 1.807) is 29.7 Å². The minimum Gasteiger partial charge on any atom is -0.489 e. The van der Waals surface area contributed by atoms with Crippen molar-refractivity contribution in [1.82, 2.24) is 4.57 Å². The molecular formula is C20H19NO5. The molecule has 0 aliphatic heterocycles. The number of aliphatic hydroxyl groups excluding tert-OH is 1. The van der Waals surface area contributed by atoms with E-state index < -0.39 is 11.8 Å². The number of carbonyl (C=O) groups is 2. The fourth-order valence-electron chi connectivity index (χ4n) is 3.07. The number of aliphatic hydroxyl groups is 1. The fourth-order valence-corrected chi connectivity index (χ4v) is 3.07. The highest BCUT2D eigenvalue weighted by Crippen LogP contribution is 2.30. The number of nitrogens with zero attached hydrogens (tertiary/aromatic N) is 1. The summed E-state index contributed by atoms with van der Waals surface area (Å²) in [6.45, 7) is 2.21. The number of carboxylic acid groups (broad SMARTS) is 1. The number of fused-ring (bicyclic) bond motifs is 1. The number of carbonyl (C=O) groups excluding carboxylic acids is 1. The summed E-state index contributed by atoms with van der Waals surface area (Å²) in [5.41, 5.74) is 2.34. The van der Waals surface area contributed by atoms with Crippen LogP contribution in [0.15, 0.2) is 48.5 Å². The quantitative estimate of drug-likeness (QED) is 0.504. The molecule has 0 saturated carbocycles. The molecule has 2 N–H and O–H groups in total. The van der Waals surface area contributed by atoms with Crippen molar-refractivity contribution in [2.75, 3.05) is 6.61 Å². The van der Waals surface area contributed by atoms with Crippen molar-refractivity contribution in [2.45, 2.75) is 20.1 Å². The van der Waals surface area contributed by atoms with Crippen LogP contribution in [-0.2, 0) is 17.9 Å². The van der Waals surface area contributed by atoms with E-state index in [1.807, 2.05) is 30.3 Å². The van der Waals surface area contributed by atoms with Gasteiger partial charge in [-0.3, -0.25) is 4.79 Å². The molecule has 1 heterocycles. The first-order valence-electron chi connectivity index (χ1n) is 8.21. The number of ether oxygens (including phenoxy) is 1. The highest BCUT2D eigenvalue weighted by molar-refractivity contribution is 6.42. The van der Waals surface area contributed by atoms with Gasteiger partial charge in [0.1, 0.15) is 12.4 Å². The zero-order valence-electron chi connectivity index (χ0n) is 14.3. The van der Waals surface area contributed by atoms with Crippen molar-refractivity contribution in [3.05, 3.63) is 65.4 Å². The topological polar surface area (TPSA) is 88.8 Å². The summed E-state index contributed by atoms with van der Waals surface area (Å²) in [5.74, 6) is -1.93. The Morgan fingerprint density at radius 2 is 1.85 bits per heavy atom. The van der Waals surface area contributed by atoms with Gasteiger partial charge in [-0.05, 0) is 30.7 Å². The molecule has 2 aromatic carbocycles. The molecule has 6 heteroatoms. The molecule has 0 atom stereocenters. The second kappa shape index (κ2) is 7.41. The summed E-state index contributed by atoms with van der Waals surface area (Å²) in [7, 11) is 0. The van der Waals surface area contributed by atoms with Crippen LogP contribution in [-0.4, -0.2) is 33.1 Å². The second-order valence-corrected chi connectivity index (χ2v) is 5.92. The van der Waals surface area contributed by atoms with E-state index in [9.17, 15) is 14.7 Å². The summed E-state index contributed by atoms with van der Waals surface area (Å²) < 4.78 is 7.53. The van der Waals surface area contributed by atoms with Gasteiger partial charge in [-0.15, -0.1) is 0 Å². The normalized spacial score (nSPS) is 10.8. The van der Waals surface area contributed by atoms with Crippen molar-refractivity contribution >= 4 is 22.7 Å². The van der Waals surface area contributed by atoms with E-state index in [4.69, 9.17) is 9.84 Å². The van der Waals surface area contributed by atoms with Crippen LogP contribution in [0.1, 0.15) is 21.6 Å². The molecule has 0 aliphatic rings. The van der Waals surface area contributed by atoms with Gasteiger partial charge in [0.25, 0.3) is 5.78 Å². The molecule has 0 unspecified atom stereocenters. The number of carboxylic acids is 1. The van der Waals surface area contributed by atoms with E-state index in [-0.39, 0.29) is 18.7 Å². The maximum absolute atomic E-state index is 12.2. The third kappa shape index (κ3) is 3.32. The van der Waals surface area contributed by atoms with Crippen molar-refractivity contribution in [1.29, 1.82) is 0 Å². The molecule has 0 aliphatic carbocycles. The lowest BCUT2D eigenvalue weighted by Gasteiger charge is -2.08. The maximum Gasteiger partial charge on any atom is 0.377 e. The molecule has 26 heavy (non-hydrogen) atoms. The molecular weight excluding hydrogens is 334 g/mol. The first-order chi connectivity index (χ1) is 12.5. The number of ketones is 1. The highest BCUT2D eigenvalue weighted by atomic mass is 16.5. The Morgan fingerprint density at radius 1 is 1.12 bits per heavy atom. The summed E-state index contributed by atoms with van der Waals surface area (Å²) in [5, 5.41) is 18.9. The molecule has 6 nitrogen and oxygen atoms in total. The van der Waals surface area contributed by atoms with Crippen LogP contribution < -0.4 is 4.74 Å². The van der Waals surface area contributed by atoms with Gasteiger partial charge in [-0.25, -0.2) is 4.79 Å². The minimum absolute atomic E-state index is 0.114. The number of rotatable bonds is 7. The molecule has 0 bridgehead atoms. The van der Waals surface area contributed by atoms with Crippen LogP contribution in [0.25, 0.3) is 10.9 Å². The predicted octanol–water partition coefficient (Wildman–Crippen LogP) is 2.79. The first kappa shape index (κ1) is 17.7. The lowest BCUT2D eigenvalue weighted by molar-refractivity contribution is -0.131. The fraction of sp³-hybridized carbons (Fsp3) is 0.200. The van der Waals surface area contributed by atoms with Crippen LogP contribution >= 0.6 is 0 Å². The van der Waals surface area contributed by atoms with E-state index in [0.717, 1.165) is 5.56 Å². The van der Waals surface area contributed by atoms with Gasteiger partial charge in [0, 0.05) is 23.1 Å². The molecule has 0 fully saturated rings. The van der Waals surface area contributed by atoms with Crippen molar-refractivity contribution < 1.29 is 24.5 Å². The van der Waals surface area contributed by atoms with Crippen LogP contribution in [0.2, 0.25) is 0 Å². The highest BCUT2D eigenvalue weighted by Gasteiger charge is 2.24. The van der Waals surface area contributed by atoms with Crippen LogP contribution in [0.5, 0.6) is 5.75 Å². The van der Waals surface area contributed by atoms with Crippen molar-refractivity contribution in [3.8, 4) is 5.75 Å². The summed E-state index contributed by atoms with van der Waals surface area (Å²) in [6.07, 6.45) is 0. The van der Waals surface area contributed by atoms with Gasteiger partial charge >= 0.3 is 5.97 Å². The van der Waals surface area contributed by atoms with Crippen LogP contribution in [0, 0.1) is 6.92 Å². The Balaban J connectivity index is 2.02. The largest absolute Gasteiger partial charge is 0.489 e. The predicted molar refractivity (Wildman–Crippen MR) is 96.5 cm³/mol. The maximum atomic E-state index is 12.2. The molecule has 0 amide bonds. The zero-order chi connectivity index (χ0) is 18.7. The standard InChI is InChI=1S/C20H19NO5/c1-13-18(19(23)20(24)25)16-11-15(7-8-17(16)21(13)9-10-22)26-12-14-5-3-2-4-6-14/h2-8,11,22H,9-10,12H2,1H3,(H,24,25). The van der Waals surface area contributed by atoms with Crippen molar-refractivity contribution in [2.24, 2.45) is 0 Å². The number of aromatic nitrogens is 1. The number of Topliss-reactive ketones (excluding diaryl/α,β-unsaturated/α-hetero) is 1. The van der Waals surface area contributed by atoms with E-state index >= 15 is 0 Å². The van der Waals surface area contributed by atoms with E-state index in [2.05, 4.69) is 0 Å². The lowest BCUT2D eigenvalue weighted by atomic mass is 10.1. The molecule has 1 aromatic heterocycles. The monoisotopic (exact) mass is 353 g/mol. The minimum atomic E-state index is -1.51. The van der Waals surface area contributed by atoms with Crippen LogP contribution in [0.3, 0.4) is 0 Å². The molecule has 3 rings (SSSR count). The Morgan fingerprint density at radius 3 is 2.50 bits per heavy atom. The first-order valence-corrected chi connectivity index (χ1v) is 8.21. The van der Waals surface area contributed by atoms with E-state index in [1.165, 1.54) is 0 Å². The smallest absolute Gasteiger partial charge is 0.377 e. The molecule has 0 saturated heterocycles. The van der Waals surface area contributed by atoms with Gasteiger partial charge in [-0.2, -0.15) is 0 Å². The molecule has 3 aromatic rings. The Kier molecular flexibility index (Phi) is 5.04. The SMILES string of the molecule is Cc1c(C(=O)C(=O)O)c2cc(OCc3ccccc3)ccc2n1CCO. The van der Waals surface area contributed by atoms with E-state index in [0.29, 0.717) is 29.0 Å². The van der Waals surface area contributed by atoms with Gasteiger partial charge in [0.05, 0.1) is 12.2 Å². The zero-order valence-corrected chi connectivity index (χ0v) is 14.3.